The van der Waals surface area contributed by atoms with E-state index in [1.54, 1.807) is 48.5 Å². The first-order chi connectivity index (χ1) is 14.0. The van der Waals surface area contributed by atoms with E-state index in [-0.39, 0.29) is 5.82 Å². The molecular formula is C20H21N3O6. The van der Waals surface area contributed by atoms with Gasteiger partial charge in [-0.3, -0.25) is 10.2 Å². The van der Waals surface area contributed by atoms with Crippen molar-refractivity contribution in [2.24, 2.45) is 0 Å². The van der Waals surface area contributed by atoms with Gasteiger partial charge in [0.2, 0.25) is 0 Å². The highest BCUT2D eigenvalue weighted by Crippen LogP contribution is 2.22. The van der Waals surface area contributed by atoms with E-state index < -0.39 is 42.8 Å². The highest BCUT2D eigenvalue weighted by atomic mass is 16.6. The second-order valence-electron chi connectivity index (χ2n) is 6.84. The zero-order chi connectivity index (χ0) is 20.5. The Balaban J connectivity index is 1.82. The van der Waals surface area contributed by atoms with E-state index in [0.717, 1.165) is 4.68 Å². The van der Waals surface area contributed by atoms with Crippen LogP contribution in [0.1, 0.15) is 0 Å². The van der Waals surface area contributed by atoms with Crippen molar-refractivity contribution in [1.82, 2.24) is 9.66 Å². The van der Waals surface area contributed by atoms with Crippen LogP contribution in [0.3, 0.4) is 0 Å². The molecule has 2 aromatic carbocycles. The normalized spacial score (nSPS) is 27.1. The Bertz CT molecular complexity index is 1060. The van der Waals surface area contributed by atoms with Gasteiger partial charge in [0.15, 0.2) is 12.1 Å². The van der Waals surface area contributed by atoms with Gasteiger partial charge in [0, 0.05) is 5.56 Å². The number of hydrogen-bond acceptors (Lipinski definition) is 8. The van der Waals surface area contributed by atoms with E-state index in [9.17, 15) is 25.2 Å². The van der Waals surface area contributed by atoms with Crippen molar-refractivity contribution < 1.29 is 25.2 Å². The molecule has 0 radical (unpaired) electrons. The summed E-state index contributed by atoms with van der Waals surface area (Å²) in [5, 5.41) is 40.1. The van der Waals surface area contributed by atoms with E-state index in [1.807, 2.05) is 6.07 Å². The van der Waals surface area contributed by atoms with E-state index in [4.69, 9.17) is 4.74 Å². The minimum absolute atomic E-state index is 0.284. The molecule has 1 saturated heterocycles. The fourth-order valence-corrected chi connectivity index (χ4v) is 3.37. The summed E-state index contributed by atoms with van der Waals surface area (Å²) in [6.45, 7) is -0.570. The minimum atomic E-state index is -1.57. The third-order valence-electron chi connectivity index (χ3n) is 4.96. The lowest BCUT2D eigenvalue weighted by molar-refractivity contribution is -0.224. The maximum Gasteiger partial charge on any atom is 0.280 e. The summed E-state index contributed by atoms with van der Waals surface area (Å²) in [5.41, 5.74) is 3.48. The molecule has 3 aromatic rings. The Hall–Kier alpha value is -2.82. The molecule has 152 valence electrons. The molecule has 0 unspecified atom stereocenters. The second-order valence-corrected chi connectivity index (χ2v) is 6.84. The molecule has 1 aliphatic heterocycles. The van der Waals surface area contributed by atoms with Crippen LogP contribution in [0, 0.1) is 0 Å². The van der Waals surface area contributed by atoms with Gasteiger partial charge in [-0.15, -0.1) is 0 Å². The average Bonchev–Trinajstić information content (AvgIpc) is 2.76. The number of para-hydroxylation sites is 1. The van der Waals surface area contributed by atoms with Gasteiger partial charge in [0.1, 0.15) is 24.4 Å². The molecule has 0 saturated carbocycles. The number of ether oxygens (including phenoxy) is 1. The van der Waals surface area contributed by atoms with Crippen molar-refractivity contribution in [3.8, 4) is 11.4 Å². The zero-order valence-corrected chi connectivity index (χ0v) is 15.3. The van der Waals surface area contributed by atoms with Gasteiger partial charge < -0.3 is 25.2 Å². The summed E-state index contributed by atoms with van der Waals surface area (Å²) in [7, 11) is 0. The van der Waals surface area contributed by atoms with Crippen molar-refractivity contribution in [3.63, 3.8) is 0 Å². The molecule has 5 atom stereocenters. The molecule has 0 amide bonds. The Morgan fingerprint density at radius 3 is 2.38 bits per heavy atom. The highest BCUT2D eigenvalue weighted by Gasteiger charge is 2.44. The maximum atomic E-state index is 13.2. The van der Waals surface area contributed by atoms with Crippen molar-refractivity contribution >= 4 is 10.9 Å². The van der Waals surface area contributed by atoms with Crippen molar-refractivity contribution in [3.05, 3.63) is 65.0 Å². The number of benzene rings is 2. The quantitative estimate of drug-likeness (QED) is 0.393. The molecule has 5 N–H and O–H groups in total. The van der Waals surface area contributed by atoms with Crippen LogP contribution in [0.15, 0.2) is 59.4 Å². The molecule has 29 heavy (non-hydrogen) atoms. The van der Waals surface area contributed by atoms with Crippen LogP contribution in [-0.4, -0.2) is 67.3 Å². The number of rotatable bonds is 4. The van der Waals surface area contributed by atoms with Gasteiger partial charge in [0.25, 0.3) is 5.56 Å². The van der Waals surface area contributed by atoms with E-state index in [0.29, 0.717) is 16.5 Å². The van der Waals surface area contributed by atoms with Gasteiger partial charge in [-0.1, -0.05) is 42.5 Å². The maximum absolute atomic E-state index is 13.2. The molecule has 0 spiro atoms. The Morgan fingerprint density at radius 2 is 1.66 bits per heavy atom. The SMILES string of the molecule is O=c1c2ccccc2nc(-c2ccccc2)n1N[C@@H]1O[C@H](CO)[C@H](O)[C@H](O)[C@H]1O. The zero-order valence-electron chi connectivity index (χ0n) is 15.3. The smallest absolute Gasteiger partial charge is 0.280 e. The van der Waals surface area contributed by atoms with Crippen molar-refractivity contribution in [1.29, 1.82) is 0 Å². The van der Waals surface area contributed by atoms with E-state index >= 15 is 0 Å². The standard InChI is InChI=1S/C20H21N3O6/c24-10-14-15(25)16(26)17(27)19(29-14)22-23-18(11-6-2-1-3-7-11)21-13-9-5-4-8-12(13)20(23)28/h1-9,14-17,19,22,24-27H,10H2/t14-,15+,16+,17-,19-/m1/s1. The average molecular weight is 399 g/mol. The first-order valence-electron chi connectivity index (χ1n) is 9.15. The Labute approximate surface area is 165 Å². The van der Waals surface area contributed by atoms with Crippen LogP contribution in [0.4, 0.5) is 0 Å². The molecular weight excluding hydrogens is 378 g/mol. The molecule has 0 bridgehead atoms. The summed E-state index contributed by atoms with van der Waals surface area (Å²) in [6.07, 6.45) is -6.98. The van der Waals surface area contributed by atoms with E-state index in [2.05, 4.69) is 10.4 Å². The van der Waals surface area contributed by atoms with E-state index in [1.165, 1.54) is 0 Å². The Kier molecular flexibility index (Phi) is 5.31. The summed E-state index contributed by atoms with van der Waals surface area (Å²) in [4.78, 5) is 17.7. The number of fused-ring (bicyclic) bond motifs is 1. The lowest BCUT2D eigenvalue weighted by atomic mass is 9.99. The van der Waals surface area contributed by atoms with Crippen molar-refractivity contribution in [2.75, 3.05) is 12.0 Å². The topological polar surface area (TPSA) is 137 Å². The Morgan fingerprint density at radius 1 is 0.966 bits per heavy atom. The third-order valence-corrected chi connectivity index (χ3v) is 4.96. The fraction of sp³-hybridized carbons (Fsp3) is 0.300. The summed E-state index contributed by atoms with van der Waals surface area (Å²) in [6, 6.07) is 15.8. The molecule has 1 aliphatic rings. The van der Waals surface area contributed by atoms with Gasteiger partial charge in [-0.25, -0.2) is 9.66 Å². The van der Waals surface area contributed by atoms with Gasteiger partial charge in [0.05, 0.1) is 17.5 Å². The van der Waals surface area contributed by atoms with Crippen molar-refractivity contribution in [2.45, 2.75) is 30.6 Å². The molecule has 0 aliphatic carbocycles. The fourth-order valence-electron chi connectivity index (χ4n) is 3.37. The first kappa shape index (κ1) is 19.5. The van der Waals surface area contributed by atoms with Crippen LogP contribution >= 0.6 is 0 Å². The second kappa shape index (κ2) is 7.90. The highest BCUT2D eigenvalue weighted by molar-refractivity contribution is 5.79. The minimum Gasteiger partial charge on any atom is -0.394 e. The van der Waals surface area contributed by atoms with Gasteiger partial charge in [-0.05, 0) is 12.1 Å². The van der Waals surface area contributed by atoms with Crippen LogP contribution < -0.4 is 11.0 Å². The lowest BCUT2D eigenvalue weighted by Crippen LogP contribution is -2.62. The molecule has 2 heterocycles. The largest absolute Gasteiger partial charge is 0.394 e. The molecule has 4 rings (SSSR count). The van der Waals surface area contributed by atoms with Gasteiger partial charge in [-0.2, -0.15) is 0 Å². The number of aliphatic hydroxyl groups excluding tert-OH is 4. The molecule has 1 fully saturated rings. The molecule has 9 heteroatoms. The number of aromatic nitrogens is 2. The lowest BCUT2D eigenvalue weighted by Gasteiger charge is -2.40. The number of nitrogens with zero attached hydrogens (tertiary/aromatic N) is 2. The molecule has 9 nitrogen and oxygen atoms in total. The summed E-state index contributed by atoms with van der Waals surface area (Å²) < 4.78 is 6.63. The summed E-state index contributed by atoms with van der Waals surface area (Å²) in [5.74, 6) is 0.284. The predicted molar refractivity (Wildman–Crippen MR) is 105 cm³/mol. The summed E-state index contributed by atoms with van der Waals surface area (Å²) >= 11 is 0. The van der Waals surface area contributed by atoms with Crippen LogP contribution in [-0.2, 0) is 4.74 Å². The first-order valence-corrected chi connectivity index (χ1v) is 9.15. The van der Waals surface area contributed by atoms with Crippen LogP contribution in [0.2, 0.25) is 0 Å². The number of aliphatic hydroxyl groups is 4. The molecule has 1 aromatic heterocycles. The third kappa shape index (κ3) is 3.50. The van der Waals surface area contributed by atoms with Crippen LogP contribution in [0.5, 0.6) is 0 Å². The van der Waals surface area contributed by atoms with Gasteiger partial charge >= 0.3 is 0 Å². The number of nitrogens with one attached hydrogen (secondary N) is 1. The monoisotopic (exact) mass is 399 g/mol. The predicted octanol–water partition coefficient (Wildman–Crippen LogP) is -0.593. The number of hydrogen-bond donors (Lipinski definition) is 5. The van der Waals surface area contributed by atoms with Crippen LogP contribution in [0.25, 0.3) is 22.3 Å².